The average molecular weight is 293 g/mol. The molecule has 0 aromatic carbocycles. The molecule has 3 atom stereocenters. The smallest absolute Gasteiger partial charge is 0.0607 e. The van der Waals surface area contributed by atoms with E-state index in [0.29, 0.717) is 11.5 Å². The van der Waals surface area contributed by atoms with Crippen molar-refractivity contribution in [3.05, 3.63) is 22.8 Å². The van der Waals surface area contributed by atoms with E-state index in [4.69, 9.17) is 0 Å². The third kappa shape index (κ3) is 2.69. The Kier molecular flexibility index (Phi) is 4.12. The molecule has 0 aromatic heterocycles. The number of aliphatic hydroxyl groups is 1. The minimum absolute atomic E-state index is 0.0419. The molecule has 0 spiro atoms. The minimum Gasteiger partial charge on any atom is -0.393 e. The highest BCUT2D eigenvalue weighted by molar-refractivity contribution is 6.77. The van der Waals surface area contributed by atoms with Gasteiger partial charge in [0.05, 0.1) is 14.2 Å². The Labute approximate surface area is 126 Å². The second-order valence-corrected chi connectivity index (χ2v) is 14.2. The zero-order chi connectivity index (χ0) is 15.3. The Morgan fingerprint density at radius 1 is 1.15 bits per heavy atom. The van der Waals surface area contributed by atoms with Gasteiger partial charge in [-0.2, -0.15) is 0 Å². The highest BCUT2D eigenvalue weighted by Gasteiger charge is 2.48. The molecule has 2 aliphatic rings. The SMILES string of the molecule is CC1=C[C@H]2C(=C(C)C[C@@H]([Si](C)(C)C)[C@@H](O)C2(C)C)CC1. The predicted octanol–water partition coefficient (Wildman–Crippen LogP) is 5.16. The molecule has 0 saturated heterocycles. The van der Waals surface area contributed by atoms with Crippen LogP contribution < -0.4 is 0 Å². The molecule has 2 heteroatoms. The van der Waals surface area contributed by atoms with Gasteiger partial charge in [0.2, 0.25) is 0 Å². The van der Waals surface area contributed by atoms with Crippen LogP contribution in [-0.4, -0.2) is 19.3 Å². The van der Waals surface area contributed by atoms with Crippen LogP contribution in [0.25, 0.3) is 0 Å². The fourth-order valence-corrected chi connectivity index (χ4v) is 6.45. The molecule has 0 radical (unpaired) electrons. The molecular formula is C18H32OSi. The summed E-state index contributed by atoms with van der Waals surface area (Å²) in [4.78, 5) is 0. The first-order chi connectivity index (χ1) is 9.05. The Morgan fingerprint density at radius 3 is 2.30 bits per heavy atom. The number of hydrogen-bond acceptors (Lipinski definition) is 1. The first-order valence-electron chi connectivity index (χ1n) is 8.09. The van der Waals surface area contributed by atoms with Gasteiger partial charge in [-0.25, -0.2) is 0 Å². The van der Waals surface area contributed by atoms with Crippen LogP contribution in [0.5, 0.6) is 0 Å². The van der Waals surface area contributed by atoms with Gasteiger partial charge in [-0.1, -0.05) is 56.3 Å². The molecule has 0 amide bonds. The van der Waals surface area contributed by atoms with E-state index in [9.17, 15) is 5.11 Å². The van der Waals surface area contributed by atoms with Crippen LogP contribution in [0.3, 0.4) is 0 Å². The molecule has 0 aromatic rings. The lowest BCUT2D eigenvalue weighted by molar-refractivity contribution is 0.0250. The molecule has 0 fully saturated rings. The molecule has 2 rings (SSSR count). The largest absolute Gasteiger partial charge is 0.393 e. The minimum atomic E-state index is -1.37. The summed E-state index contributed by atoms with van der Waals surface area (Å²) in [6.07, 6.45) is 5.77. The molecule has 114 valence electrons. The maximum Gasteiger partial charge on any atom is 0.0607 e. The molecule has 0 heterocycles. The van der Waals surface area contributed by atoms with E-state index in [0.717, 1.165) is 6.42 Å². The summed E-state index contributed by atoms with van der Waals surface area (Å²) >= 11 is 0. The van der Waals surface area contributed by atoms with E-state index in [1.165, 1.54) is 18.4 Å². The van der Waals surface area contributed by atoms with Crippen molar-refractivity contribution in [2.45, 2.75) is 78.2 Å². The van der Waals surface area contributed by atoms with Crippen LogP contribution in [0.1, 0.15) is 47.0 Å². The third-order valence-corrected chi connectivity index (χ3v) is 8.49. The second kappa shape index (κ2) is 5.13. The number of rotatable bonds is 1. The Bertz CT molecular complexity index is 451. The molecular weight excluding hydrogens is 260 g/mol. The van der Waals surface area contributed by atoms with Gasteiger partial charge in [0.15, 0.2) is 0 Å². The summed E-state index contributed by atoms with van der Waals surface area (Å²) in [6, 6.07) is 0. The highest BCUT2D eigenvalue weighted by atomic mass is 28.3. The van der Waals surface area contributed by atoms with Crippen LogP contribution in [0.15, 0.2) is 22.8 Å². The van der Waals surface area contributed by atoms with Gasteiger partial charge in [0.25, 0.3) is 0 Å². The third-order valence-electron chi connectivity index (χ3n) is 5.75. The zero-order valence-corrected chi connectivity index (χ0v) is 15.4. The van der Waals surface area contributed by atoms with Crippen molar-refractivity contribution in [1.29, 1.82) is 0 Å². The van der Waals surface area contributed by atoms with Crippen molar-refractivity contribution < 1.29 is 5.11 Å². The van der Waals surface area contributed by atoms with Gasteiger partial charge in [0, 0.05) is 11.3 Å². The Hall–Kier alpha value is -0.343. The van der Waals surface area contributed by atoms with Gasteiger partial charge in [-0.3, -0.25) is 0 Å². The molecule has 0 aliphatic heterocycles. The fourth-order valence-electron chi connectivity index (χ4n) is 4.15. The van der Waals surface area contributed by atoms with Crippen molar-refractivity contribution in [1.82, 2.24) is 0 Å². The summed E-state index contributed by atoms with van der Waals surface area (Å²) < 4.78 is 0. The van der Waals surface area contributed by atoms with E-state index >= 15 is 0 Å². The number of allylic oxidation sites excluding steroid dienone is 4. The predicted molar refractivity (Wildman–Crippen MR) is 90.7 cm³/mol. The lowest BCUT2D eigenvalue weighted by Crippen LogP contribution is -2.45. The monoisotopic (exact) mass is 292 g/mol. The van der Waals surface area contributed by atoms with Gasteiger partial charge >= 0.3 is 0 Å². The molecule has 1 N–H and O–H groups in total. The van der Waals surface area contributed by atoms with Crippen LogP contribution in [0, 0.1) is 11.3 Å². The molecule has 20 heavy (non-hydrogen) atoms. The highest BCUT2D eigenvalue weighted by Crippen LogP contribution is 2.52. The average Bonchev–Trinajstić information content (AvgIpc) is 2.39. The van der Waals surface area contributed by atoms with Crippen molar-refractivity contribution >= 4 is 8.07 Å². The van der Waals surface area contributed by atoms with Gasteiger partial charge in [-0.15, -0.1) is 0 Å². The normalized spacial score (nSPS) is 34.4. The van der Waals surface area contributed by atoms with E-state index in [1.807, 2.05) is 0 Å². The van der Waals surface area contributed by atoms with E-state index in [2.05, 4.69) is 53.4 Å². The number of aliphatic hydroxyl groups excluding tert-OH is 1. The van der Waals surface area contributed by atoms with E-state index in [-0.39, 0.29) is 11.5 Å². The molecule has 2 aliphatic carbocycles. The quantitative estimate of drug-likeness (QED) is 0.523. The van der Waals surface area contributed by atoms with Gasteiger partial charge in [0.1, 0.15) is 0 Å². The lowest BCUT2D eigenvalue weighted by Gasteiger charge is -2.44. The molecule has 0 unspecified atom stereocenters. The fraction of sp³-hybridized carbons (Fsp3) is 0.778. The lowest BCUT2D eigenvalue weighted by atomic mass is 9.67. The van der Waals surface area contributed by atoms with Crippen molar-refractivity contribution in [2.75, 3.05) is 0 Å². The molecule has 0 bridgehead atoms. The Morgan fingerprint density at radius 2 is 1.75 bits per heavy atom. The summed E-state index contributed by atoms with van der Waals surface area (Å²) in [5.41, 5.74) is 5.12. The standard InChI is InChI=1S/C18H32OSi/c1-12-8-9-14-13(2)11-16(20(5,6)7)17(19)18(3,4)15(14)10-12/h10,15-17,19H,8-9,11H2,1-7H3/t15-,16+,17+/m0/s1. The first kappa shape index (κ1) is 16.0. The maximum absolute atomic E-state index is 11.1. The van der Waals surface area contributed by atoms with Crippen LogP contribution in [0.2, 0.25) is 25.2 Å². The van der Waals surface area contributed by atoms with E-state index in [1.54, 1.807) is 11.1 Å². The van der Waals surface area contributed by atoms with Crippen LogP contribution >= 0.6 is 0 Å². The topological polar surface area (TPSA) is 20.2 Å². The Balaban J connectivity index is 2.53. The maximum atomic E-state index is 11.1. The summed E-state index contributed by atoms with van der Waals surface area (Å²) in [5, 5.41) is 11.1. The summed E-state index contributed by atoms with van der Waals surface area (Å²) in [6.45, 7) is 16.3. The summed E-state index contributed by atoms with van der Waals surface area (Å²) in [5.74, 6) is 0.438. The van der Waals surface area contributed by atoms with E-state index < -0.39 is 8.07 Å². The summed E-state index contributed by atoms with van der Waals surface area (Å²) in [7, 11) is -1.37. The second-order valence-electron chi connectivity index (χ2n) is 8.74. The van der Waals surface area contributed by atoms with Crippen LogP contribution in [0.4, 0.5) is 0 Å². The van der Waals surface area contributed by atoms with Crippen molar-refractivity contribution in [3.8, 4) is 0 Å². The number of fused-ring (bicyclic) bond motifs is 1. The molecule has 0 saturated carbocycles. The number of hydrogen-bond donors (Lipinski definition) is 1. The zero-order valence-electron chi connectivity index (χ0n) is 14.4. The molecule has 1 nitrogen and oxygen atoms in total. The van der Waals surface area contributed by atoms with Crippen LogP contribution in [-0.2, 0) is 0 Å². The van der Waals surface area contributed by atoms with Gasteiger partial charge in [-0.05, 0) is 38.7 Å². The van der Waals surface area contributed by atoms with Crippen molar-refractivity contribution in [3.63, 3.8) is 0 Å². The van der Waals surface area contributed by atoms with Gasteiger partial charge < -0.3 is 5.11 Å². The van der Waals surface area contributed by atoms with Crippen molar-refractivity contribution in [2.24, 2.45) is 11.3 Å². The first-order valence-corrected chi connectivity index (χ1v) is 11.7.